The predicted octanol–water partition coefficient (Wildman–Crippen LogP) is 5.70. The monoisotopic (exact) mass is 464 g/mol. The Kier molecular flexibility index (Phi) is 7.33. The Morgan fingerprint density at radius 3 is 2.51 bits per heavy atom. The van der Waals surface area contributed by atoms with Crippen molar-refractivity contribution >= 4 is 28.9 Å². The SMILES string of the molecule is C=CCOc1ccc(C(=O)NN=Cc2c(OC(=O)c3cccc(C)c3)ccc3ccccc23)cc1. The Morgan fingerprint density at radius 1 is 0.943 bits per heavy atom. The molecule has 0 unspecified atom stereocenters. The zero-order chi connectivity index (χ0) is 24.6. The van der Waals surface area contributed by atoms with Gasteiger partial charge in [0.05, 0.1) is 11.8 Å². The molecule has 0 radical (unpaired) electrons. The Bertz CT molecular complexity index is 1410. The number of benzene rings is 4. The lowest BCUT2D eigenvalue weighted by molar-refractivity contribution is 0.0734. The minimum absolute atomic E-state index is 0.344. The van der Waals surface area contributed by atoms with E-state index in [1.165, 1.54) is 6.21 Å². The number of fused-ring (bicyclic) bond motifs is 1. The Hall–Kier alpha value is -4.71. The standard InChI is InChI=1S/C29H24N2O4/c1-3-17-34-24-14-11-22(12-15-24)28(32)31-30-19-26-25-10-5-4-8-21(25)13-16-27(26)35-29(33)23-9-6-7-20(2)18-23/h3-16,18-19H,1,17H2,2H3,(H,31,32). The van der Waals surface area contributed by atoms with Crippen molar-refractivity contribution in [2.45, 2.75) is 6.92 Å². The van der Waals surface area contributed by atoms with Crippen LogP contribution in [0.15, 0.2) is 103 Å². The van der Waals surface area contributed by atoms with E-state index in [0.717, 1.165) is 16.3 Å². The number of carbonyl (C=O) groups is 2. The van der Waals surface area contributed by atoms with Crippen LogP contribution in [-0.2, 0) is 0 Å². The summed E-state index contributed by atoms with van der Waals surface area (Å²) in [6.07, 6.45) is 3.13. The number of aryl methyl sites for hydroxylation is 1. The molecule has 6 nitrogen and oxygen atoms in total. The van der Waals surface area contributed by atoms with Crippen LogP contribution >= 0.6 is 0 Å². The van der Waals surface area contributed by atoms with Gasteiger partial charge in [0.25, 0.3) is 5.91 Å². The van der Waals surface area contributed by atoms with Crippen LogP contribution in [0.2, 0.25) is 0 Å². The lowest BCUT2D eigenvalue weighted by atomic mass is 10.0. The Labute approximate surface area is 203 Å². The fraction of sp³-hybridized carbons (Fsp3) is 0.0690. The van der Waals surface area contributed by atoms with E-state index in [2.05, 4.69) is 17.1 Å². The van der Waals surface area contributed by atoms with E-state index in [9.17, 15) is 9.59 Å². The van der Waals surface area contributed by atoms with Gasteiger partial charge in [0, 0.05) is 11.1 Å². The Balaban J connectivity index is 1.56. The molecule has 0 aliphatic carbocycles. The molecule has 1 N–H and O–H groups in total. The second-order valence-electron chi connectivity index (χ2n) is 7.78. The molecule has 0 fully saturated rings. The number of hydrogen-bond acceptors (Lipinski definition) is 5. The van der Waals surface area contributed by atoms with Crippen LogP contribution in [0, 0.1) is 6.92 Å². The van der Waals surface area contributed by atoms with E-state index in [4.69, 9.17) is 9.47 Å². The number of nitrogens with zero attached hydrogens (tertiary/aromatic N) is 1. The average Bonchev–Trinajstić information content (AvgIpc) is 2.88. The van der Waals surface area contributed by atoms with Crippen molar-refractivity contribution in [3.8, 4) is 11.5 Å². The van der Waals surface area contributed by atoms with Gasteiger partial charge in [-0.25, -0.2) is 10.2 Å². The molecule has 0 atom stereocenters. The molecule has 4 rings (SSSR count). The second-order valence-corrected chi connectivity index (χ2v) is 7.78. The number of hydrazone groups is 1. The maximum atomic E-state index is 12.8. The molecule has 0 bridgehead atoms. The van der Waals surface area contributed by atoms with Gasteiger partial charge in [-0.3, -0.25) is 4.79 Å². The zero-order valence-electron chi connectivity index (χ0n) is 19.2. The molecular weight excluding hydrogens is 440 g/mol. The number of rotatable bonds is 8. The van der Waals surface area contributed by atoms with Crippen molar-refractivity contribution in [2.24, 2.45) is 5.10 Å². The number of nitrogens with one attached hydrogen (secondary N) is 1. The van der Waals surface area contributed by atoms with Gasteiger partial charge in [0.1, 0.15) is 18.1 Å². The summed E-state index contributed by atoms with van der Waals surface area (Å²) in [6.45, 7) is 5.91. The Morgan fingerprint density at radius 2 is 1.74 bits per heavy atom. The van der Waals surface area contributed by atoms with E-state index < -0.39 is 5.97 Å². The van der Waals surface area contributed by atoms with Gasteiger partial charge < -0.3 is 9.47 Å². The first-order valence-corrected chi connectivity index (χ1v) is 11.0. The summed E-state index contributed by atoms with van der Waals surface area (Å²) in [4.78, 5) is 25.3. The summed E-state index contributed by atoms with van der Waals surface area (Å²) >= 11 is 0. The molecule has 6 heteroatoms. The molecule has 35 heavy (non-hydrogen) atoms. The van der Waals surface area contributed by atoms with Crippen molar-refractivity contribution in [3.63, 3.8) is 0 Å². The van der Waals surface area contributed by atoms with E-state index in [1.54, 1.807) is 48.5 Å². The van der Waals surface area contributed by atoms with Crippen LogP contribution in [0.5, 0.6) is 11.5 Å². The van der Waals surface area contributed by atoms with Crippen LogP contribution in [0.4, 0.5) is 0 Å². The topological polar surface area (TPSA) is 77.0 Å². The molecule has 0 spiro atoms. The van der Waals surface area contributed by atoms with Crippen molar-refractivity contribution in [3.05, 3.63) is 120 Å². The van der Waals surface area contributed by atoms with Crippen molar-refractivity contribution in [2.75, 3.05) is 6.61 Å². The van der Waals surface area contributed by atoms with Gasteiger partial charge in [0.2, 0.25) is 0 Å². The van der Waals surface area contributed by atoms with Crippen LogP contribution < -0.4 is 14.9 Å². The third-order valence-corrected chi connectivity index (χ3v) is 5.23. The molecule has 1 amide bonds. The molecule has 0 heterocycles. The largest absolute Gasteiger partial charge is 0.490 e. The number of ether oxygens (including phenoxy) is 2. The summed E-state index contributed by atoms with van der Waals surface area (Å²) in [7, 11) is 0. The van der Waals surface area contributed by atoms with E-state index >= 15 is 0 Å². The number of hydrogen-bond donors (Lipinski definition) is 1. The smallest absolute Gasteiger partial charge is 0.343 e. The molecule has 0 aromatic heterocycles. The first kappa shape index (κ1) is 23.4. The fourth-order valence-corrected chi connectivity index (χ4v) is 3.51. The van der Waals surface area contributed by atoms with E-state index in [1.807, 2.05) is 49.4 Å². The summed E-state index contributed by atoms with van der Waals surface area (Å²) < 4.78 is 11.2. The zero-order valence-corrected chi connectivity index (χ0v) is 19.2. The molecule has 0 aliphatic heterocycles. The van der Waals surface area contributed by atoms with E-state index in [0.29, 0.717) is 34.8 Å². The van der Waals surface area contributed by atoms with Crippen molar-refractivity contribution < 1.29 is 19.1 Å². The first-order chi connectivity index (χ1) is 17.0. The molecule has 0 aliphatic rings. The molecular formula is C29H24N2O4. The van der Waals surface area contributed by atoms with Gasteiger partial charge >= 0.3 is 5.97 Å². The molecule has 4 aromatic carbocycles. The van der Waals surface area contributed by atoms with Crippen LogP contribution in [-0.4, -0.2) is 24.7 Å². The highest BCUT2D eigenvalue weighted by atomic mass is 16.5. The molecule has 0 saturated heterocycles. The highest BCUT2D eigenvalue weighted by Gasteiger charge is 2.14. The normalized spacial score (nSPS) is 10.8. The minimum Gasteiger partial charge on any atom is -0.490 e. The quantitative estimate of drug-likeness (QED) is 0.119. The first-order valence-electron chi connectivity index (χ1n) is 11.0. The van der Waals surface area contributed by atoms with Crippen LogP contribution in [0.1, 0.15) is 31.8 Å². The third-order valence-electron chi connectivity index (χ3n) is 5.23. The summed E-state index contributed by atoms with van der Waals surface area (Å²) in [6, 6.07) is 25.2. The lowest BCUT2D eigenvalue weighted by Gasteiger charge is -2.11. The van der Waals surface area contributed by atoms with Crippen LogP contribution in [0.25, 0.3) is 10.8 Å². The summed E-state index contributed by atoms with van der Waals surface area (Å²) in [5.74, 6) is 0.134. The van der Waals surface area contributed by atoms with E-state index in [-0.39, 0.29) is 5.91 Å². The maximum absolute atomic E-state index is 12.8. The second kappa shape index (κ2) is 10.9. The molecule has 4 aromatic rings. The maximum Gasteiger partial charge on any atom is 0.343 e. The number of amides is 1. The highest BCUT2D eigenvalue weighted by molar-refractivity contribution is 6.04. The van der Waals surface area contributed by atoms with Gasteiger partial charge in [-0.05, 0) is 60.2 Å². The van der Waals surface area contributed by atoms with Gasteiger partial charge in [-0.15, -0.1) is 0 Å². The van der Waals surface area contributed by atoms with Crippen LogP contribution in [0.3, 0.4) is 0 Å². The number of esters is 1. The lowest BCUT2D eigenvalue weighted by Crippen LogP contribution is -2.17. The van der Waals surface area contributed by atoms with Crippen molar-refractivity contribution in [1.29, 1.82) is 0 Å². The van der Waals surface area contributed by atoms with Crippen molar-refractivity contribution in [1.82, 2.24) is 5.43 Å². The fourth-order valence-electron chi connectivity index (χ4n) is 3.51. The average molecular weight is 465 g/mol. The molecule has 174 valence electrons. The molecule has 0 saturated carbocycles. The third kappa shape index (κ3) is 5.81. The van der Waals surface area contributed by atoms with Gasteiger partial charge in [0.15, 0.2) is 0 Å². The van der Waals surface area contributed by atoms with Gasteiger partial charge in [-0.1, -0.05) is 60.7 Å². The summed E-state index contributed by atoms with van der Waals surface area (Å²) in [5.41, 5.74) is 4.95. The van der Waals surface area contributed by atoms with Gasteiger partial charge in [-0.2, -0.15) is 5.10 Å². The number of carbonyl (C=O) groups excluding carboxylic acids is 2. The highest BCUT2D eigenvalue weighted by Crippen LogP contribution is 2.27. The minimum atomic E-state index is -0.471. The summed E-state index contributed by atoms with van der Waals surface area (Å²) in [5, 5.41) is 5.92. The predicted molar refractivity (Wildman–Crippen MR) is 137 cm³/mol.